The molecule has 3 N–H and O–H groups in total. The number of nitrogens with one attached hydrogen (secondary N) is 1. The minimum Gasteiger partial charge on any atom is -0.493 e. The van der Waals surface area contributed by atoms with Gasteiger partial charge in [-0.05, 0) is 23.3 Å². The molecule has 0 aliphatic rings. The molecule has 1 unspecified atom stereocenters. The first kappa shape index (κ1) is 15.2. The summed E-state index contributed by atoms with van der Waals surface area (Å²) >= 11 is 0. The summed E-state index contributed by atoms with van der Waals surface area (Å²) < 4.78 is 16.1. The molecule has 0 heterocycles. The zero-order valence-corrected chi connectivity index (χ0v) is 12.4. The Morgan fingerprint density at radius 3 is 1.86 bits per heavy atom. The van der Waals surface area contributed by atoms with Gasteiger partial charge in [-0.1, -0.05) is 30.3 Å². The van der Waals surface area contributed by atoms with Crippen molar-refractivity contribution in [1.29, 1.82) is 0 Å². The lowest BCUT2D eigenvalue weighted by Gasteiger charge is -2.20. The molecule has 2 rings (SSSR count). The lowest BCUT2D eigenvalue weighted by Crippen LogP contribution is -2.28. The largest absolute Gasteiger partial charge is 0.493 e. The average Bonchev–Trinajstić information content (AvgIpc) is 2.55. The molecule has 21 heavy (non-hydrogen) atoms. The van der Waals surface area contributed by atoms with Crippen molar-refractivity contribution in [1.82, 2.24) is 5.43 Å². The number of hydrogen-bond acceptors (Lipinski definition) is 5. The summed E-state index contributed by atoms with van der Waals surface area (Å²) in [6.45, 7) is 0. The Balaban J connectivity index is 2.52. The van der Waals surface area contributed by atoms with E-state index in [4.69, 9.17) is 20.1 Å². The minimum absolute atomic E-state index is 0.167. The van der Waals surface area contributed by atoms with Gasteiger partial charge in [0.2, 0.25) is 5.75 Å². The van der Waals surface area contributed by atoms with Gasteiger partial charge in [-0.15, -0.1) is 0 Å². The molecule has 1 atom stereocenters. The van der Waals surface area contributed by atoms with Crippen LogP contribution in [0.4, 0.5) is 0 Å². The van der Waals surface area contributed by atoms with Gasteiger partial charge in [-0.3, -0.25) is 5.84 Å². The second kappa shape index (κ2) is 6.97. The molecule has 112 valence electrons. The monoisotopic (exact) mass is 288 g/mol. The van der Waals surface area contributed by atoms with Gasteiger partial charge >= 0.3 is 0 Å². The van der Waals surface area contributed by atoms with Crippen LogP contribution in [0.25, 0.3) is 0 Å². The molecule has 5 nitrogen and oxygen atoms in total. The van der Waals surface area contributed by atoms with Crippen LogP contribution in [0.5, 0.6) is 17.2 Å². The Hall–Kier alpha value is -2.24. The van der Waals surface area contributed by atoms with Gasteiger partial charge < -0.3 is 14.2 Å². The maximum absolute atomic E-state index is 5.73. The van der Waals surface area contributed by atoms with Crippen molar-refractivity contribution in [2.45, 2.75) is 6.04 Å². The van der Waals surface area contributed by atoms with Crippen molar-refractivity contribution in [3.8, 4) is 17.2 Å². The second-order valence-corrected chi connectivity index (χ2v) is 4.47. The van der Waals surface area contributed by atoms with Crippen molar-refractivity contribution in [2.75, 3.05) is 21.3 Å². The molecular weight excluding hydrogens is 268 g/mol. The summed E-state index contributed by atoms with van der Waals surface area (Å²) in [7, 11) is 4.76. The third-order valence-electron chi connectivity index (χ3n) is 3.32. The summed E-state index contributed by atoms with van der Waals surface area (Å²) in [5.41, 5.74) is 4.80. The molecule has 0 fully saturated rings. The van der Waals surface area contributed by atoms with E-state index in [0.717, 1.165) is 11.1 Å². The summed E-state index contributed by atoms with van der Waals surface area (Å²) in [5, 5.41) is 0. The summed E-state index contributed by atoms with van der Waals surface area (Å²) in [5.74, 6) is 7.49. The summed E-state index contributed by atoms with van der Waals surface area (Å²) in [6.07, 6.45) is 0. The number of nitrogens with two attached hydrogens (primary N) is 1. The zero-order chi connectivity index (χ0) is 15.2. The van der Waals surface area contributed by atoms with E-state index < -0.39 is 0 Å². The second-order valence-electron chi connectivity index (χ2n) is 4.47. The predicted octanol–water partition coefficient (Wildman–Crippen LogP) is 2.27. The summed E-state index contributed by atoms with van der Waals surface area (Å²) in [4.78, 5) is 0. The maximum atomic E-state index is 5.73. The van der Waals surface area contributed by atoms with Crippen LogP contribution in [0.2, 0.25) is 0 Å². The third-order valence-corrected chi connectivity index (χ3v) is 3.32. The number of methoxy groups -OCH3 is 3. The van der Waals surface area contributed by atoms with Crippen LogP contribution in [0.1, 0.15) is 17.2 Å². The predicted molar refractivity (Wildman–Crippen MR) is 81.7 cm³/mol. The Morgan fingerprint density at radius 2 is 1.43 bits per heavy atom. The normalized spacial score (nSPS) is 11.8. The van der Waals surface area contributed by atoms with Gasteiger partial charge in [0.1, 0.15) is 0 Å². The first-order valence-corrected chi connectivity index (χ1v) is 6.56. The van der Waals surface area contributed by atoms with Crippen molar-refractivity contribution < 1.29 is 14.2 Å². The highest BCUT2D eigenvalue weighted by Gasteiger charge is 2.19. The van der Waals surface area contributed by atoms with Gasteiger partial charge in [-0.2, -0.15) is 0 Å². The highest BCUT2D eigenvalue weighted by atomic mass is 16.5. The fraction of sp³-hybridized carbons (Fsp3) is 0.250. The number of rotatable bonds is 6. The molecule has 0 spiro atoms. The van der Waals surface area contributed by atoms with Gasteiger partial charge in [0.25, 0.3) is 0 Å². The molecule has 5 heteroatoms. The Bertz CT molecular complexity index is 562. The van der Waals surface area contributed by atoms with Crippen LogP contribution in [-0.2, 0) is 0 Å². The van der Waals surface area contributed by atoms with Gasteiger partial charge in [0, 0.05) is 0 Å². The molecule has 0 saturated carbocycles. The first-order valence-electron chi connectivity index (χ1n) is 6.56. The van der Waals surface area contributed by atoms with E-state index in [1.807, 2.05) is 42.5 Å². The first-order chi connectivity index (χ1) is 10.2. The number of benzene rings is 2. The molecular formula is C16H20N2O3. The Labute approximate surface area is 124 Å². The van der Waals surface area contributed by atoms with Crippen molar-refractivity contribution in [2.24, 2.45) is 5.84 Å². The maximum Gasteiger partial charge on any atom is 0.203 e. The van der Waals surface area contributed by atoms with E-state index in [1.165, 1.54) is 0 Å². The van der Waals surface area contributed by atoms with Crippen LogP contribution >= 0.6 is 0 Å². The van der Waals surface area contributed by atoms with Crippen LogP contribution in [0.3, 0.4) is 0 Å². The molecule has 0 amide bonds. The van der Waals surface area contributed by atoms with Gasteiger partial charge in [-0.25, -0.2) is 5.43 Å². The smallest absolute Gasteiger partial charge is 0.203 e. The number of hydrazine groups is 1. The Kier molecular flexibility index (Phi) is 5.03. The van der Waals surface area contributed by atoms with Crippen LogP contribution < -0.4 is 25.5 Å². The highest BCUT2D eigenvalue weighted by Crippen LogP contribution is 2.40. The van der Waals surface area contributed by atoms with E-state index >= 15 is 0 Å². The molecule has 0 radical (unpaired) electrons. The fourth-order valence-electron chi connectivity index (χ4n) is 2.30. The van der Waals surface area contributed by atoms with E-state index in [2.05, 4.69) is 5.43 Å². The van der Waals surface area contributed by atoms with E-state index in [0.29, 0.717) is 17.2 Å². The minimum atomic E-state index is -0.167. The van der Waals surface area contributed by atoms with E-state index in [1.54, 1.807) is 21.3 Å². The molecule has 0 aromatic heterocycles. The SMILES string of the molecule is COc1cc(C(NN)c2ccccc2)cc(OC)c1OC. The fourth-order valence-corrected chi connectivity index (χ4v) is 2.30. The van der Waals surface area contributed by atoms with Gasteiger partial charge in [0.15, 0.2) is 11.5 Å². The van der Waals surface area contributed by atoms with Gasteiger partial charge in [0.05, 0.1) is 27.4 Å². The average molecular weight is 288 g/mol. The molecule has 0 bridgehead atoms. The molecule has 0 aliphatic heterocycles. The van der Waals surface area contributed by atoms with E-state index in [-0.39, 0.29) is 6.04 Å². The standard InChI is InChI=1S/C16H20N2O3/c1-19-13-9-12(10-14(20-2)16(13)21-3)15(18-17)11-7-5-4-6-8-11/h4-10,15,18H,17H2,1-3H3. The molecule has 2 aromatic rings. The summed E-state index contributed by atoms with van der Waals surface area (Å²) in [6, 6.07) is 13.5. The number of hydrogen-bond donors (Lipinski definition) is 2. The van der Waals surface area contributed by atoms with Crippen molar-refractivity contribution in [3.63, 3.8) is 0 Å². The van der Waals surface area contributed by atoms with Crippen LogP contribution in [0, 0.1) is 0 Å². The molecule has 0 saturated heterocycles. The highest BCUT2D eigenvalue weighted by molar-refractivity contribution is 5.55. The quantitative estimate of drug-likeness (QED) is 0.630. The van der Waals surface area contributed by atoms with Crippen molar-refractivity contribution >= 4 is 0 Å². The lowest BCUT2D eigenvalue weighted by atomic mass is 9.98. The molecule has 0 aliphatic carbocycles. The van der Waals surface area contributed by atoms with Crippen LogP contribution in [-0.4, -0.2) is 21.3 Å². The third kappa shape index (κ3) is 3.09. The van der Waals surface area contributed by atoms with Crippen molar-refractivity contribution in [3.05, 3.63) is 53.6 Å². The lowest BCUT2D eigenvalue weighted by molar-refractivity contribution is 0.323. The molecule has 2 aromatic carbocycles. The zero-order valence-electron chi connectivity index (χ0n) is 12.4. The topological polar surface area (TPSA) is 65.7 Å². The van der Waals surface area contributed by atoms with E-state index in [9.17, 15) is 0 Å². The number of ether oxygens (including phenoxy) is 3. The Morgan fingerprint density at radius 1 is 0.857 bits per heavy atom. The van der Waals surface area contributed by atoms with Crippen LogP contribution in [0.15, 0.2) is 42.5 Å².